The molecule has 0 atom stereocenters. The number of nitrogens with zero attached hydrogens (tertiary/aromatic N) is 1. The van der Waals surface area contributed by atoms with E-state index in [1.165, 1.54) is 25.3 Å². The molecule has 1 aromatic rings. The molecule has 0 aromatic heterocycles. The van der Waals surface area contributed by atoms with Crippen molar-refractivity contribution >= 4 is 52.5 Å². The summed E-state index contributed by atoms with van der Waals surface area (Å²) in [6.45, 7) is 1.05. The zero-order valence-electron chi connectivity index (χ0n) is 15.0. The summed E-state index contributed by atoms with van der Waals surface area (Å²) in [4.78, 5) is 47.4. The molecular formula is C17H17ClN2O7S. The molecule has 11 heteroatoms. The Hall–Kier alpha value is -2.72. The summed E-state index contributed by atoms with van der Waals surface area (Å²) in [5.41, 5.74) is 5.50. The van der Waals surface area contributed by atoms with Gasteiger partial charge in [-0.2, -0.15) is 0 Å². The maximum Gasteiger partial charge on any atom is 0.344 e. The van der Waals surface area contributed by atoms with Crippen LogP contribution in [0.1, 0.15) is 12.5 Å². The Balaban J connectivity index is 2.25. The SMILES string of the molecule is CCOC(=O)COc1c(Cl)cc(/C=C2\SC(=O)N(CC(N)=O)C2=O)cc1OC. The van der Waals surface area contributed by atoms with Gasteiger partial charge in [0.15, 0.2) is 18.1 Å². The van der Waals surface area contributed by atoms with Crippen LogP contribution in [-0.4, -0.2) is 54.8 Å². The van der Waals surface area contributed by atoms with Crippen LogP contribution in [0.25, 0.3) is 6.08 Å². The minimum Gasteiger partial charge on any atom is -0.493 e. The van der Waals surface area contributed by atoms with Gasteiger partial charge in [0.2, 0.25) is 5.91 Å². The first-order valence-electron chi connectivity index (χ1n) is 7.96. The number of benzene rings is 1. The molecule has 3 amide bonds. The number of halogens is 1. The molecule has 0 spiro atoms. The third kappa shape index (κ3) is 5.17. The third-order valence-electron chi connectivity index (χ3n) is 3.38. The molecule has 1 heterocycles. The van der Waals surface area contributed by atoms with Gasteiger partial charge in [-0.1, -0.05) is 11.6 Å². The molecule has 0 unspecified atom stereocenters. The van der Waals surface area contributed by atoms with Crippen molar-refractivity contribution in [1.29, 1.82) is 0 Å². The number of amides is 3. The number of carbonyl (C=O) groups is 4. The van der Waals surface area contributed by atoms with E-state index in [-0.39, 0.29) is 34.6 Å². The van der Waals surface area contributed by atoms with Gasteiger partial charge >= 0.3 is 5.97 Å². The van der Waals surface area contributed by atoms with Crippen LogP contribution in [0, 0.1) is 0 Å². The van der Waals surface area contributed by atoms with Gasteiger partial charge in [-0.05, 0) is 42.5 Å². The highest BCUT2D eigenvalue weighted by atomic mass is 35.5. The zero-order valence-corrected chi connectivity index (χ0v) is 16.6. The van der Waals surface area contributed by atoms with Crippen molar-refractivity contribution < 1.29 is 33.4 Å². The van der Waals surface area contributed by atoms with Gasteiger partial charge in [-0.15, -0.1) is 0 Å². The predicted octanol–water partition coefficient (Wildman–Crippen LogP) is 1.81. The van der Waals surface area contributed by atoms with Crippen molar-refractivity contribution in [3.63, 3.8) is 0 Å². The Kier molecular flexibility index (Phi) is 7.30. The van der Waals surface area contributed by atoms with E-state index < -0.39 is 29.6 Å². The molecule has 0 radical (unpaired) electrons. The van der Waals surface area contributed by atoms with E-state index in [1.54, 1.807) is 6.92 Å². The summed E-state index contributed by atoms with van der Waals surface area (Å²) in [5.74, 6) is -1.63. The number of ether oxygens (including phenoxy) is 3. The second-order valence-electron chi connectivity index (χ2n) is 5.36. The lowest BCUT2D eigenvalue weighted by Gasteiger charge is -2.13. The lowest BCUT2D eigenvalue weighted by atomic mass is 10.1. The van der Waals surface area contributed by atoms with Crippen LogP contribution in [0.15, 0.2) is 17.0 Å². The van der Waals surface area contributed by atoms with Crippen molar-refractivity contribution in [2.45, 2.75) is 6.92 Å². The second kappa shape index (κ2) is 9.47. The van der Waals surface area contributed by atoms with Crippen LogP contribution in [0.3, 0.4) is 0 Å². The smallest absolute Gasteiger partial charge is 0.344 e. The Labute approximate surface area is 169 Å². The molecule has 1 fully saturated rings. The molecule has 2 N–H and O–H groups in total. The fraction of sp³-hybridized carbons (Fsp3) is 0.294. The highest BCUT2D eigenvalue weighted by Gasteiger charge is 2.35. The van der Waals surface area contributed by atoms with Crippen LogP contribution in [0.4, 0.5) is 4.79 Å². The highest BCUT2D eigenvalue weighted by molar-refractivity contribution is 8.18. The van der Waals surface area contributed by atoms with E-state index in [4.69, 9.17) is 31.5 Å². The Bertz CT molecular complexity index is 856. The Morgan fingerprint density at radius 3 is 2.64 bits per heavy atom. The molecule has 0 aliphatic carbocycles. The number of esters is 1. The van der Waals surface area contributed by atoms with Crippen molar-refractivity contribution in [3.8, 4) is 11.5 Å². The summed E-state index contributed by atoms with van der Waals surface area (Å²) in [6, 6.07) is 3.00. The van der Waals surface area contributed by atoms with Crippen molar-refractivity contribution in [2.24, 2.45) is 5.73 Å². The zero-order chi connectivity index (χ0) is 20.8. The topological polar surface area (TPSA) is 125 Å². The average molecular weight is 429 g/mol. The predicted molar refractivity (Wildman–Crippen MR) is 102 cm³/mol. The maximum atomic E-state index is 12.3. The fourth-order valence-electron chi connectivity index (χ4n) is 2.24. The molecule has 0 bridgehead atoms. The lowest BCUT2D eigenvalue weighted by Crippen LogP contribution is -2.36. The first-order valence-corrected chi connectivity index (χ1v) is 9.15. The average Bonchev–Trinajstić information content (AvgIpc) is 2.87. The maximum absolute atomic E-state index is 12.3. The van der Waals surface area contributed by atoms with E-state index in [2.05, 4.69) is 0 Å². The largest absolute Gasteiger partial charge is 0.493 e. The van der Waals surface area contributed by atoms with Gasteiger partial charge in [-0.25, -0.2) is 4.79 Å². The summed E-state index contributed by atoms with van der Waals surface area (Å²) < 4.78 is 15.4. The number of rotatable bonds is 8. The minimum atomic E-state index is -0.795. The second-order valence-corrected chi connectivity index (χ2v) is 6.76. The molecule has 1 aromatic carbocycles. The van der Waals surface area contributed by atoms with E-state index in [9.17, 15) is 19.2 Å². The first kappa shape index (κ1) is 21.6. The fourth-order valence-corrected chi connectivity index (χ4v) is 3.35. The number of hydrogen-bond donors (Lipinski definition) is 1. The van der Waals surface area contributed by atoms with Gasteiger partial charge in [0, 0.05) is 0 Å². The van der Waals surface area contributed by atoms with Gasteiger partial charge in [0.05, 0.1) is 23.6 Å². The van der Waals surface area contributed by atoms with Gasteiger partial charge in [-0.3, -0.25) is 19.3 Å². The van der Waals surface area contributed by atoms with Crippen LogP contribution in [0.5, 0.6) is 11.5 Å². The molecule has 0 saturated carbocycles. The molecule has 1 aliphatic heterocycles. The first-order chi connectivity index (χ1) is 13.3. The number of imide groups is 1. The molecular weight excluding hydrogens is 412 g/mol. The van der Waals surface area contributed by atoms with Gasteiger partial charge in [0.25, 0.3) is 11.1 Å². The number of primary amides is 1. The molecule has 150 valence electrons. The summed E-state index contributed by atoms with van der Waals surface area (Å²) in [7, 11) is 1.38. The van der Waals surface area contributed by atoms with Crippen LogP contribution in [0.2, 0.25) is 5.02 Å². The number of hydrogen-bond acceptors (Lipinski definition) is 8. The summed E-state index contributed by atoms with van der Waals surface area (Å²) in [5, 5.41) is -0.464. The quantitative estimate of drug-likeness (QED) is 0.490. The monoisotopic (exact) mass is 428 g/mol. The Morgan fingerprint density at radius 1 is 1.32 bits per heavy atom. The number of thioether (sulfide) groups is 1. The van der Waals surface area contributed by atoms with Crippen LogP contribution in [-0.2, 0) is 19.1 Å². The standard InChI is InChI=1S/C17H17ClN2O7S/c1-3-26-14(22)8-27-15-10(18)4-9(5-11(15)25-2)6-12-16(23)20(7-13(19)21)17(24)28-12/h4-6H,3,7-8H2,1-2H3,(H2,19,21)/b12-6-. The van der Waals surface area contributed by atoms with Crippen molar-refractivity contribution in [1.82, 2.24) is 4.90 Å². The highest BCUT2D eigenvalue weighted by Crippen LogP contribution is 2.38. The molecule has 1 aliphatic rings. The van der Waals surface area contributed by atoms with E-state index in [0.717, 1.165) is 4.90 Å². The molecule has 2 rings (SSSR count). The number of carbonyl (C=O) groups excluding carboxylic acids is 4. The minimum absolute atomic E-state index is 0.101. The van der Waals surface area contributed by atoms with Crippen LogP contribution < -0.4 is 15.2 Å². The summed E-state index contributed by atoms with van der Waals surface area (Å²) in [6.07, 6.45) is 1.43. The summed E-state index contributed by atoms with van der Waals surface area (Å²) >= 11 is 6.88. The number of methoxy groups -OCH3 is 1. The number of nitrogens with two attached hydrogens (primary N) is 1. The van der Waals surface area contributed by atoms with Gasteiger partial charge < -0.3 is 19.9 Å². The molecule has 9 nitrogen and oxygen atoms in total. The molecule has 28 heavy (non-hydrogen) atoms. The van der Waals surface area contributed by atoms with Crippen molar-refractivity contribution in [2.75, 3.05) is 26.9 Å². The normalized spacial score (nSPS) is 15.1. The molecule has 1 saturated heterocycles. The van der Waals surface area contributed by atoms with E-state index in [1.807, 2.05) is 0 Å². The van der Waals surface area contributed by atoms with Crippen LogP contribution >= 0.6 is 23.4 Å². The third-order valence-corrected chi connectivity index (χ3v) is 4.56. The van der Waals surface area contributed by atoms with Gasteiger partial charge in [0.1, 0.15) is 6.54 Å². The van der Waals surface area contributed by atoms with E-state index >= 15 is 0 Å². The lowest BCUT2D eigenvalue weighted by molar-refractivity contribution is -0.145. The van der Waals surface area contributed by atoms with Crippen molar-refractivity contribution in [3.05, 3.63) is 27.6 Å². The Morgan fingerprint density at radius 2 is 2.04 bits per heavy atom. The van der Waals surface area contributed by atoms with E-state index in [0.29, 0.717) is 17.3 Å².